The molecule has 1 heterocycles. The summed E-state index contributed by atoms with van der Waals surface area (Å²) in [5.41, 5.74) is 0.786. The van der Waals surface area contributed by atoms with Crippen LogP contribution in [0.2, 0.25) is 0 Å². The first-order chi connectivity index (χ1) is 12.2. The highest BCUT2D eigenvalue weighted by Gasteiger charge is 2.40. The first-order valence-corrected chi connectivity index (χ1v) is 9.54. The van der Waals surface area contributed by atoms with Crippen LogP contribution in [0.1, 0.15) is 16.7 Å². The lowest BCUT2D eigenvalue weighted by Gasteiger charge is -2.17. The number of ether oxygens (including phenoxy) is 1. The second-order valence-corrected chi connectivity index (χ2v) is 8.07. The summed E-state index contributed by atoms with van der Waals surface area (Å²) >= 11 is 0. The monoisotopic (exact) mass is 381 g/mol. The van der Waals surface area contributed by atoms with Crippen LogP contribution in [-0.4, -0.2) is 27.2 Å². The Labute approximate surface area is 149 Å². The molecule has 1 aliphatic heterocycles. The number of fused-ring (bicyclic) bond motifs is 1. The predicted octanol–water partition coefficient (Wildman–Crippen LogP) is 2.43. The van der Waals surface area contributed by atoms with Crippen molar-refractivity contribution in [3.05, 3.63) is 59.2 Å². The molecule has 1 N–H and O–H groups in total. The van der Waals surface area contributed by atoms with Crippen LogP contribution in [-0.2, 0) is 33.5 Å². The van der Waals surface area contributed by atoms with Gasteiger partial charge in [-0.05, 0) is 47.9 Å². The minimum absolute atomic E-state index is 0.0493. The first-order valence-electron chi connectivity index (χ1n) is 7.89. The summed E-state index contributed by atoms with van der Waals surface area (Å²) in [4.78, 5) is 12.2. The molecule has 2 aromatic rings. The maximum atomic E-state index is 14.3. The molecule has 1 amide bonds. The quantitative estimate of drug-likeness (QED) is 0.864. The van der Waals surface area contributed by atoms with Gasteiger partial charge in [0.05, 0.1) is 17.8 Å². The topological polar surface area (TPSA) is 72.5 Å². The molecule has 2 aromatic carbocycles. The summed E-state index contributed by atoms with van der Waals surface area (Å²) in [6.45, 7) is -0.113. The largest absolute Gasteiger partial charge is 0.497 e. The Bertz CT molecular complexity index is 940. The van der Waals surface area contributed by atoms with E-state index in [0.29, 0.717) is 23.3 Å². The Morgan fingerprint density at radius 1 is 1.19 bits per heavy atom. The fourth-order valence-corrected chi connectivity index (χ4v) is 4.36. The molecule has 0 aromatic heterocycles. The average Bonchev–Trinajstić information content (AvgIpc) is 2.94. The number of sulfone groups is 1. The number of rotatable bonds is 5. The standard InChI is InChI=1S/C18H17F2NO4S/c1-25-15-5-3-14(4-6-15)18(19,20)17(22)21-11-12-2-7-16-13(10-12)8-9-26(16,23)24/h2-7,10H,8-9,11H2,1H3,(H,21,22). The van der Waals surface area contributed by atoms with E-state index in [1.165, 1.54) is 31.4 Å². The van der Waals surface area contributed by atoms with Crippen molar-refractivity contribution >= 4 is 15.7 Å². The summed E-state index contributed by atoms with van der Waals surface area (Å²) in [7, 11) is -1.82. The fraction of sp³-hybridized carbons (Fsp3) is 0.278. The number of hydrogen-bond acceptors (Lipinski definition) is 4. The van der Waals surface area contributed by atoms with Crippen LogP contribution in [0.15, 0.2) is 47.4 Å². The molecule has 26 heavy (non-hydrogen) atoms. The second-order valence-electron chi connectivity index (χ2n) is 6.00. The van der Waals surface area contributed by atoms with E-state index in [9.17, 15) is 22.0 Å². The predicted molar refractivity (Wildman–Crippen MR) is 90.9 cm³/mol. The number of aryl methyl sites for hydroxylation is 1. The number of alkyl halides is 2. The summed E-state index contributed by atoms with van der Waals surface area (Å²) < 4.78 is 57.0. The molecule has 138 valence electrons. The second kappa shape index (κ2) is 6.68. The first kappa shape index (κ1) is 18.3. The van der Waals surface area contributed by atoms with E-state index in [2.05, 4.69) is 5.32 Å². The van der Waals surface area contributed by atoms with E-state index >= 15 is 0 Å². The van der Waals surface area contributed by atoms with Gasteiger partial charge < -0.3 is 10.1 Å². The zero-order valence-corrected chi connectivity index (χ0v) is 14.8. The zero-order chi connectivity index (χ0) is 18.9. The molecule has 0 unspecified atom stereocenters. The van der Waals surface area contributed by atoms with E-state index < -0.39 is 27.2 Å². The van der Waals surface area contributed by atoms with Gasteiger partial charge in [-0.2, -0.15) is 8.78 Å². The third-order valence-corrected chi connectivity index (χ3v) is 6.10. The lowest BCUT2D eigenvalue weighted by molar-refractivity contribution is -0.147. The van der Waals surface area contributed by atoms with E-state index in [0.717, 1.165) is 12.1 Å². The maximum Gasteiger partial charge on any atom is 0.349 e. The number of benzene rings is 2. The highest BCUT2D eigenvalue weighted by molar-refractivity contribution is 7.91. The number of amides is 1. The molecule has 3 rings (SSSR count). The van der Waals surface area contributed by atoms with Crippen LogP contribution >= 0.6 is 0 Å². The Balaban J connectivity index is 1.70. The number of nitrogens with one attached hydrogen (secondary N) is 1. The van der Waals surface area contributed by atoms with Crippen molar-refractivity contribution in [2.24, 2.45) is 0 Å². The van der Waals surface area contributed by atoms with Crippen LogP contribution in [0.25, 0.3) is 0 Å². The zero-order valence-electron chi connectivity index (χ0n) is 14.0. The number of carbonyl (C=O) groups is 1. The molecular weight excluding hydrogens is 364 g/mol. The van der Waals surface area contributed by atoms with Gasteiger partial charge in [0.25, 0.3) is 5.91 Å². The lowest BCUT2D eigenvalue weighted by atomic mass is 10.1. The van der Waals surface area contributed by atoms with Crippen molar-refractivity contribution in [2.75, 3.05) is 12.9 Å². The molecule has 0 fully saturated rings. The number of hydrogen-bond donors (Lipinski definition) is 1. The van der Waals surface area contributed by atoms with Gasteiger partial charge in [-0.3, -0.25) is 4.79 Å². The molecule has 0 saturated carbocycles. The third-order valence-electron chi connectivity index (χ3n) is 4.29. The average molecular weight is 381 g/mol. The highest BCUT2D eigenvalue weighted by Crippen LogP contribution is 2.30. The van der Waals surface area contributed by atoms with Crippen molar-refractivity contribution in [3.8, 4) is 5.75 Å². The minimum Gasteiger partial charge on any atom is -0.497 e. The Morgan fingerprint density at radius 3 is 2.54 bits per heavy atom. The normalized spacial score (nSPS) is 15.3. The van der Waals surface area contributed by atoms with Crippen LogP contribution in [0.5, 0.6) is 5.75 Å². The van der Waals surface area contributed by atoms with Gasteiger partial charge >= 0.3 is 5.92 Å². The van der Waals surface area contributed by atoms with Gasteiger partial charge in [0.1, 0.15) is 5.75 Å². The Morgan fingerprint density at radius 2 is 1.88 bits per heavy atom. The molecule has 8 heteroatoms. The minimum atomic E-state index is -3.69. The van der Waals surface area contributed by atoms with Crippen molar-refractivity contribution in [1.29, 1.82) is 0 Å². The summed E-state index contributed by atoms with van der Waals surface area (Å²) in [6, 6.07) is 9.60. The van der Waals surface area contributed by atoms with E-state index in [1.54, 1.807) is 6.07 Å². The van der Waals surface area contributed by atoms with Crippen molar-refractivity contribution in [2.45, 2.75) is 23.8 Å². The van der Waals surface area contributed by atoms with Crippen LogP contribution in [0.3, 0.4) is 0 Å². The molecule has 1 aliphatic rings. The molecule has 5 nitrogen and oxygen atoms in total. The molecular formula is C18H17F2NO4S. The Kier molecular flexibility index (Phi) is 4.70. The van der Waals surface area contributed by atoms with Gasteiger partial charge in [-0.25, -0.2) is 8.42 Å². The van der Waals surface area contributed by atoms with Gasteiger partial charge in [-0.1, -0.05) is 12.1 Å². The van der Waals surface area contributed by atoms with Crippen LogP contribution < -0.4 is 10.1 Å². The van der Waals surface area contributed by atoms with Crippen molar-refractivity contribution < 1.29 is 26.7 Å². The van der Waals surface area contributed by atoms with E-state index in [1.807, 2.05) is 0 Å². The van der Waals surface area contributed by atoms with Gasteiger partial charge in [-0.15, -0.1) is 0 Å². The molecule has 0 bridgehead atoms. The van der Waals surface area contributed by atoms with E-state index in [4.69, 9.17) is 4.74 Å². The Hall–Kier alpha value is -2.48. The smallest absolute Gasteiger partial charge is 0.349 e. The fourth-order valence-electron chi connectivity index (χ4n) is 2.82. The lowest BCUT2D eigenvalue weighted by Crippen LogP contribution is -2.37. The van der Waals surface area contributed by atoms with Gasteiger partial charge in [0.2, 0.25) is 0 Å². The number of carbonyl (C=O) groups excluding carboxylic acids is 1. The molecule has 0 atom stereocenters. The summed E-state index contributed by atoms with van der Waals surface area (Å²) in [6.07, 6.45) is 0.390. The highest BCUT2D eigenvalue weighted by atomic mass is 32.2. The van der Waals surface area contributed by atoms with Gasteiger partial charge in [0, 0.05) is 12.1 Å². The van der Waals surface area contributed by atoms with Crippen LogP contribution in [0, 0.1) is 0 Å². The van der Waals surface area contributed by atoms with Crippen LogP contribution in [0.4, 0.5) is 8.78 Å². The van der Waals surface area contributed by atoms with Crippen molar-refractivity contribution in [1.82, 2.24) is 5.32 Å². The van der Waals surface area contributed by atoms with Gasteiger partial charge in [0.15, 0.2) is 9.84 Å². The summed E-state index contributed by atoms with van der Waals surface area (Å²) in [5.74, 6) is -4.64. The third kappa shape index (κ3) is 3.41. The maximum absolute atomic E-state index is 14.3. The SMILES string of the molecule is COc1ccc(C(F)(F)C(=O)NCc2ccc3c(c2)CCS3(=O)=O)cc1. The molecule has 0 aliphatic carbocycles. The molecule has 0 radical (unpaired) electrons. The number of halogens is 2. The summed E-state index contributed by atoms with van der Waals surface area (Å²) in [5, 5.41) is 2.21. The molecule has 0 saturated heterocycles. The molecule has 0 spiro atoms. The number of methoxy groups -OCH3 is 1. The van der Waals surface area contributed by atoms with Crippen molar-refractivity contribution in [3.63, 3.8) is 0 Å². The van der Waals surface area contributed by atoms with E-state index in [-0.39, 0.29) is 17.2 Å².